The van der Waals surface area contributed by atoms with Crippen LogP contribution in [0.2, 0.25) is 0 Å². The van der Waals surface area contributed by atoms with E-state index in [4.69, 9.17) is 4.74 Å². The molecule has 0 spiro atoms. The Labute approximate surface area is 176 Å². The lowest BCUT2D eigenvalue weighted by Crippen LogP contribution is -2.45. The maximum absolute atomic E-state index is 13.3. The summed E-state index contributed by atoms with van der Waals surface area (Å²) in [4.78, 5) is 39.2. The van der Waals surface area contributed by atoms with Crippen LogP contribution in [0.4, 0.5) is 11.4 Å². The Balaban J connectivity index is 1.87. The Morgan fingerprint density at radius 1 is 1.13 bits per heavy atom. The highest BCUT2D eigenvalue weighted by molar-refractivity contribution is 6.04. The summed E-state index contributed by atoms with van der Waals surface area (Å²) < 4.78 is 5.36. The highest BCUT2D eigenvalue weighted by Crippen LogP contribution is 2.31. The van der Waals surface area contributed by atoms with Gasteiger partial charge in [0.2, 0.25) is 11.8 Å². The maximum Gasteiger partial charge on any atom is 0.255 e. The second-order valence-electron chi connectivity index (χ2n) is 7.82. The zero-order chi connectivity index (χ0) is 21.8. The lowest BCUT2D eigenvalue weighted by Gasteiger charge is -2.28. The lowest BCUT2D eigenvalue weighted by molar-refractivity contribution is -0.121. The van der Waals surface area contributed by atoms with Gasteiger partial charge in [-0.2, -0.15) is 0 Å². The molecule has 1 atom stereocenters. The monoisotopic (exact) mass is 409 g/mol. The zero-order valence-corrected chi connectivity index (χ0v) is 17.7. The molecular formula is C23H27N3O4. The van der Waals surface area contributed by atoms with Gasteiger partial charge in [-0.15, -0.1) is 0 Å². The zero-order valence-electron chi connectivity index (χ0n) is 17.7. The van der Waals surface area contributed by atoms with E-state index in [9.17, 15) is 14.4 Å². The first-order valence-corrected chi connectivity index (χ1v) is 9.95. The molecule has 1 heterocycles. The molecule has 0 unspecified atom stereocenters. The minimum atomic E-state index is -0.626. The molecule has 0 saturated carbocycles. The first-order valence-electron chi connectivity index (χ1n) is 9.95. The number of amides is 3. The third kappa shape index (κ3) is 4.62. The number of anilines is 2. The largest absolute Gasteiger partial charge is 0.495 e. The number of nitrogens with zero attached hydrogens (tertiary/aromatic N) is 1. The molecule has 3 amide bonds. The standard InChI is InChI=1S/C23H27N3O4/c1-14(2)11-20(26-13-16-7-5-6-8-18(16)23(26)29)22(28)25-19-12-17(24-15(3)27)9-10-21(19)30-4/h5-10,12,14,20H,11,13H2,1-4H3,(H,24,27)(H,25,28)/t20-/m1/s1. The summed E-state index contributed by atoms with van der Waals surface area (Å²) in [5.74, 6) is 0.0469. The molecule has 3 rings (SSSR count). The molecule has 2 aromatic carbocycles. The number of rotatable bonds is 7. The highest BCUT2D eigenvalue weighted by atomic mass is 16.5. The van der Waals surface area contributed by atoms with Gasteiger partial charge in [0, 0.05) is 24.7 Å². The van der Waals surface area contributed by atoms with Crippen molar-refractivity contribution in [1.29, 1.82) is 0 Å². The Morgan fingerprint density at radius 2 is 1.87 bits per heavy atom. The Morgan fingerprint density at radius 3 is 2.50 bits per heavy atom. The van der Waals surface area contributed by atoms with Gasteiger partial charge in [0.05, 0.1) is 12.8 Å². The van der Waals surface area contributed by atoms with Gasteiger partial charge in [0.1, 0.15) is 11.8 Å². The SMILES string of the molecule is COc1ccc(NC(C)=O)cc1NC(=O)[C@@H](CC(C)C)N1Cc2ccccc2C1=O. The maximum atomic E-state index is 13.3. The predicted octanol–water partition coefficient (Wildman–Crippen LogP) is 3.66. The number of nitrogens with one attached hydrogen (secondary N) is 2. The van der Waals surface area contributed by atoms with Crippen LogP contribution in [0.3, 0.4) is 0 Å². The van der Waals surface area contributed by atoms with E-state index in [1.807, 2.05) is 32.0 Å². The first-order chi connectivity index (χ1) is 14.3. The van der Waals surface area contributed by atoms with Crippen LogP contribution in [0, 0.1) is 5.92 Å². The fraction of sp³-hybridized carbons (Fsp3) is 0.348. The minimum Gasteiger partial charge on any atom is -0.495 e. The van der Waals surface area contributed by atoms with Crippen molar-refractivity contribution in [2.24, 2.45) is 5.92 Å². The van der Waals surface area contributed by atoms with Crippen LogP contribution in [-0.2, 0) is 16.1 Å². The van der Waals surface area contributed by atoms with E-state index < -0.39 is 6.04 Å². The van der Waals surface area contributed by atoms with Gasteiger partial charge in [0.15, 0.2) is 0 Å². The van der Waals surface area contributed by atoms with Crippen LogP contribution in [0.5, 0.6) is 5.75 Å². The van der Waals surface area contributed by atoms with Crippen molar-refractivity contribution in [3.63, 3.8) is 0 Å². The van der Waals surface area contributed by atoms with Crippen molar-refractivity contribution >= 4 is 29.1 Å². The van der Waals surface area contributed by atoms with E-state index in [1.54, 1.807) is 29.2 Å². The normalized spacial score (nSPS) is 13.8. The summed E-state index contributed by atoms with van der Waals surface area (Å²) in [7, 11) is 1.51. The molecule has 1 aliphatic rings. The molecule has 0 aromatic heterocycles. The van der Waals surface area contributed by atoms with Gasteiger partial charge >= 0.3 is 0 Å². The van der Waals surface area contributed by atoms with E-state index in [1.165, 1.54) is 14.0 Å². The number of hydrogen-bond donors (Lipinski definition) is 2. The molecule has 0 saturated heterocycles. The number of methoxy groups -OCH3 is 1. The molecule has 2 N–H and O–H groups in total. The van der Waals surface area contributed by atoms with Gasteiger partial charge in [-0.25, -0.2) is 0 Å². The Bertz CT molecular complexity index is 971. The molecule has 2 aromatic rings. The first kappa shape index (κ1) is 21.4. The van der Waals surface area contributed by atoms with E-state index in [0.29, 0.717) is 35.7 Å². The fourth-order valence-electron chi connectivity index (χ4n) is 3.65. The van der Waals surface area contributed by atoms with Gasteiger partial charge in [-0.3, -0.25) is 14.4 Å². The van der Waals surface area contributed by atoms with Crippen LogP contribution in [0.25, 0.3) is 0 Å². The Hall–Kier alpha value is -3.35. The molecular weight excluding hydrogens is 382 g/mol. The van der Waals surface area contributed by atoms with Gasteiger partial charge in [0.25, 0.3) is 5.91 Å². The number of carbonyl (C=O) groups excluding carboxylic acids is 3. The Kier molecular flexibility index (Phi) is 6.40. The minimum absolute atomic E-state index is 0.134. The third-order valence-corrected chi connectivity index (χ3v) is 5.00. The van der Waals surface area contributed by atoms with Crippen molar-refractivity contribution in [2.45, 2.75) is 39.8 Å². The van der Waals surface area contributed by atoms with Crippen LogP contribution in [0.1, 0.15) is 43.1 Å². The van der Waals surface area contributed by atoms with Gasteiger partial charge < -0.3 is 20.3 Å². The quantitative estimate of drug-likeness (QED) is 0.731. The number of carbonyl (C=O) groups is 3. The van der Waals surface area contributed by atoms with Crippen LogP contribution in [-0.4, -0.2) is 35.8 Å². The fourth-order valence-corrected chi connectivity index (χ4v) is 3.65. The second kappa shape index (κ2) is 8.98. The molecule has 1 aliphatic heterocycles. The number of benzene rings is 2. The smallest absolute Gasteiger partial charge is 0.255 e. The van der Waals surface area contributed by atoms with E-state index in [2.05, 4.69) is 10.6 Å². The van der Waals surface area contributed by atoms with E-state index in [0.717, 1.165) is 5.56 Å². The molecule has 0 aliphatic carbocycles. The second-order valence-corrected chi connectivity index (χ2v) is 7.82. The number of hydrogen-bond acceptors (Lipinski definition) is 4. The summed E-state index contributed by atoms with van der Waals surface area (Å²) in [6.45, 7) is 5.86. The average molecular weight is 409 g/mol. The van der Waals surface area contributed by atoms with Crippen molar-refractivity contribution in [3.05, 3.63) is 53.6 Å². The van der Waals surface area contributed by atoms with Crippen LogP contribution < -0.4 is 15.4 Å². The van der Waals surface area contributed by atoms with E-state index in [-0.39, 0.29) is 23.6 Å². The summed E-state index contributed by atoms with van der Waals surface area (Å²) in [5.41, 5.74) is 2.55. The summed E-state index contributed by atoms with van der Waals surface area (Å²) in [5, 5.41) is 5.59. The molecule has 30 heavy (non-hydrogen) atoms. The van der Waals surface area contributed by atoms with Gasteiger partial charge in [-0.1, -0.05) is 32.0 Å². The van der Waals surface area contributed by atoms with Crippen LogP contribution >= 0.6 is 0 Å². The summed E-state index contributed by atoms with van der Waals surface area (Å²) in [6, 6.07) is 11.8. The number of fused-ring (bicyclic) bond motifs is 1. The number of ether oxygens (including phenoxy) is 1. The average Bonchev–Trinajstić information content (AvgIpc) is 3.02. The molecule has 158 valence electrons. The van der Waals surface area contributed by atoms with Crippen LogP contribution in [0.15, 0.2) is 42.5 Å². The van der Waals surface area contributed by atoms with Gasteiger partial charge in [-0.05, 0) is 42.2 Å². The summed E-state index contributed by atoms with van der Waals surface area (Å²) in [6.07, 6.45) is 0.527. The molecule has 7 nitrogen and oxygen atoms in total. The topological polar surface area (TPSA) is 87.7 Å². The lowest BCUT2D eigenvalue weighted by atomic mass is 10.0. The highest BCUT2D eigenvalue weighted by Gasteiger charge is 2.36. The third-order valence-electron chi connectivity index (χ3n) is 5.00. The van der Waals surface area contributed by atoms with Crippen molar-refractivity contribution in [3.8, 4) is 5.75 Å². The van der Waals surface area contributed by atoms with E-state index >= 15 is 0 Å². The van der Waals surface area contributed by atoms with Crippen molar-refractivity contribution in [1.82, 2.24) is 4.90 Å². The molecule has 0 bridgehead atoms. The van der Waals surface area contributed by atoms with Crippen molar-refractivity contribution in [2.75, 3.05) is 17.7 Å². The van der Waals surface area contributed by atoms with Crippen molar-refractivity contribution < 1.29 is 19.1 Å². The molecule has 7 heteroatoms. The molecule has 0 fully saturated rings. The predicted molar refractivity (Wildman–Crippen MR) is 115 cm³/mol. The molecule has 0 radical (unpaired) electrons. The summed E-state index contributed by atoms with van der Waals surface area (Å²) >= 11 is 0.